The van der Waals surface area contributed by atoms with Gasteiger partial charge < -0.3 is 9.80 Å². The van der Waals surface area contributed by atoms with E-state index in [1.807, 2.05) is 4.90 Å². The topological polar surface area (TPSA) is 23.6 Å². The highest BCUT2D eigenvalue weighted by molar-refractivity contribution is 5.76. The molecule has 1 heterocycles. The highest BCUT2D eigenvalue weighted by Gasteiger charge is 2.23. The molecule has 1 unspecified atom stereocenters. The molecule has 0 spiro atoms. The third kappa shape index (κ3) is 3.80. The Kier molecular flexibility index (Phi) is 4.59. The summed E-state index contributed by atoms with van der Waals surface area (Å²) in [6, 6.07) is 8.89. The number of carbonyl (C=O) groups is 1. The van der Waals surface area contributed by atoms with Crippen LogP contribution in [0.2, 0.25) is 0 Å². The third-order valence-electron chi connectivity index (χ3n) is 4.02. The summed E-state index contributed by atoms with van der Waals surface area (Å²) < 4.78 is 0. The standard InChI is InChI=1S/C16H24N2O/c1-13-5-4-6-15(11-13)7-8-16(19)18-10-9-17(3)14(2)12-18/h4-6,11,14H,7-10,12H2,1-3H3. The van der Waals surface area contributed by atoms with Gasteiger partial charge in [0, 0.05) is 32.1 Å². The molecule has 19 heavy (non-hydrogen) atoms. The average molecular weight is 260 g/mol. The van der Waals surface area contributed by atoms with Gasteiger partial charge in [0.1, 0.15) is 0 Å². The Balaban J connectivity index is 1.84. The molecule has 0 aliphatic carbocycles. The van der Waals surface area contributed by atoms with Crippen LogP contribution in [0.25, 0.3) is 0 Å². The number of rotatable bonds is 3. The first-order valence-corrected chi connectivity index (χ1v) is 7.10. The van der Waals surface area contributed by atoms with Crippen LogP contribution in [0.5, 0.6) is 0 Å². The fourth-order valence-electron chi connectivity index (χ4n) is 2.55. The quantitative estimate of drug-likeness (QED) is 0.831. The lowest BCUT2D eigenvalue weighted by molar-refractivity contribution is -0.133. The van der Waals surface area contributed by atoms with E-state index in [1.165, 1.54) is 11.1 Å². The fraction of sp³-hybridized carbons (Fsp3) is 0.562. The molecule has 0 saturated carbocycles. The van der Waals surface area contributed by atoms with Crippen molar-refractivity contribution in [2.45, 2.75) is 32.7 Å². The van der Waals surface area contributed by atoms with Crippen LogP contribution in [-0.4, -0.2) is 48.4 Å². The summed E-state index contributed by atoms with van der Waals surface area (Å²) in [7, 11) is 2.12. The van der Waals surface area contributed by atoms with E-state index in [0.717, 1.165) is 26.1 Å². The Morgan fingerprint density at radius 3 is 2.84 bits per heavy atom. The zero-order chi connectivity index (χ0) is 13.8. The zero-order valence-electron chi connectivity index (χ0n) is 12.2. The number of amides is 1. The summed E-state index contributed by atoms with van der Waals surface area (Å²) in [6.07, 6.45) is 1.47. The van der Waals surface area contributed by atoms with E-state index < -0.39 is 0 Å². The summed E-state index contributed by atoms with van der Waals surface area (Å²) in [6.45, 7) is 6.99. The number of nitrogens with zero attached hydrogens (tertiary/aromatic N) is 2. The first kappa shape index (κ1) is 14.1. The first-order valence-electron chi connectivity index (χ1n) is 7.10. The molecule has 1 aromatic carbocycles. The van der Waals surface area contributed by atoms with E-state index in [9.17, 15) is 4.79 Å². The summed E-state index contributed by atoms with van der Waals surface area (Å²) in [4.78, 5) is 16.5. The van der Waals surface area contributed by atoms with Crippen molar-refractivity contribution in [3.63, 3.8) is 0 Å². The number of likely N-dealkylation sites (N-methyl/N-ethyl adjacent to an activating group) is 1. The maximum absolute atomic E-state index is 12.2. The second-order valence-electron chi connectivity index (χ2n) is 5.66. The van der Waals surface area contributed by atoms with Gasteiger partial charge in [0.05, 0.1) is 0 Å². The predicted octanol–water partition coefficient (Wildman–Crippen LogP) is 2.09. The summed E-state index contributed by atoms with van der Waals surface area (Å²) in [5, 5.41) is 0. The van der Waals surface area contributed by atoms with Gasteiger partial charge in [0.15, 0.2) is 0 Å². The van der Waals surface area contributed by atoms with Crippen LogP contribution >= 0.6 is 0 Å². The van der Waals surface area contributed by atoms with Crippen LogP contribution in [0.1, 0.15) is 24.5 Å². The molecule has 1 fully saturated rings. The monoisotopic (exact) mass is 260 g/mol. The van der Waals surface area contributed by atoms with E-state index in [4.69, 9.17) is 0 Å². The maximum atomic E-state index is 12.2. The van der Waals surface area contributed by atoms with Crippen molar-refractivity contribution in [1.82, 2.24) is 9.80 Å². The second-order valence-corrected chi connectivity index (χ2v) is 5.66. The normalized spacial score (nSPS) is 20.6. The summed E-state index contributed by atoms with van der Waals surface area (Å²) in [5.74, 6) is 0.293. The molecule has 3 heteroatoms. The van der Waals surface area contributed by atoms with Crippen LogP contribution in [-0.2, 0) is 11.2 Å². The number of carbonyl (C=O) groups excluding carboxylic acids is 1. The van der Waals surface area contributed by atoms with Crippen LogP contribution in [0, 0.1) is 6.92 Å². The maximum Gasteiger partial charge on any atom is 0.222 e. The molecule has 1 amide bonds. The molecule has 0 aromatic heterocycles. The number of benzene rings is 1. The molecule has 1 aromatic rings. The Morgan fingerprint density at radius 1 is 1.37 bits per heavy atom. The van der Waals surface area contributed by atoms with Crippen LogP contribution in [0.3, 0.4) is 0 Å². The van der Waals surface area contributed by atoms with Crippen molar-refractivity contribution in [1.29, 1.82) is 0 Å². The molecular weight excluding hydrogens is 236 g/mol. The Hall–Kier alpha value is -1.35. The minimum absolute atomic E-state index is 0.293. The molecule has 3 nitrogen and oxygen atoms in total. The minimum Gasteiger partial charge on any atom is -0.340 e. The van der Waals surface area contributed by atoms with Gasteiger partial charge in [0.2, 0.25) is 5.91 Å². The molecular formula is C16H24N2O. The molecule has 1 aliphatic heterocycles. The highest BCUT2D eigenvalue weighted by atomic mass is 16.2. The van der Waals surface area contributed by atoms with Gasteiger partial charge in [-0.2, -0.15) is 0 Å². The highest BCUT2D eigenvalue weighted by Crippen LogP contribution is 2.11. The van der Waals surface area contributed by atoms with Gasteiger partial charge in [-0.15, -0.1) is 0 Å². The number of piperazine rings is 1. The third-order valence-corrected chi connectivity index (χ3v) is 4.02. The Bertz CT molecular complexity index is 444. The summed E-state index contributed by atoms with van der Waals surface area (Å²) in [5.41, 5.74) is 2.52. The summed E-state index contributed by atoms with van der Waals surface area (Å²) >= 11 is 0. The average Bonchev–Trinajstić information content (AvgIpc) is 2.39. The van der Waals surface area contributed by atoms with Crippen molar-refractivity contribution >= 4 is 5.91 Å². The van der Waals surface area contributed by atoms with Crippen LogP contribution < -0.4 is 0 Å². The lowest BCUT2D eigenvalue weighted by atomic mass is 10.1. The van der Waals surface area contributed by atoms with E-state index in [1.54, 1.807) is 0 Å². The number of aryl methyl sites for hydroxylation is 2. The second kappa shape index (κ2) is 6.20. The molecule has 1 aliphatic rings. The fourth-order valence-corrected chi connectivity index (χ4v) is 2.55. The number of hydrogen-bond donors (Lipinski definition) is 0. The first-order chi connectivity index (χ1) is 9.06. The predicted molar refractivity (Wildman–Crippen MR) is 78.2 cm³/mol. The Morgan fingerprint density at radius 2 is 2.16 bits per heavy atom. The molecule has 1 atom stereocenters. The van der Waals surface area contributed by atoms with Gasteiger partial charge in [-0.3, -0.25) is 4.79 Å². The smallest absolute Gasteiger partial charge is 0.222 e. The SMILES string of the molecule is Cc1cccc(CCC(=O)N2CCN(C)C(C)C2)c1. The number of hydrogen-bond acceptors (Lipinski definition) is 2. The van der Waals surface area contributed by atoms with Gasteiger partial charge in [0.25, 0.3) is 0 Å². The van der Waals surface area contributed by atoms with Gasteiger partial charge in [-0.05, 0) is 32.9 Å². The van der Waals surface area contributed by atoms with Crippen molar-refractivity contribution in [3.05, 3.63) is 35.4 Å². The van der Waals surface area contributed by atoms with Crippen molar-refractivity contribution in [3.8, 4) is 0 Å². The van der Waals surface area contributed by atoms with E-state index in [0.29, 0.717) is 18.4 Å². The van der Waals surface area contributed by atoms with Crippen molar-refractivity contribution in [2.24, 2.45) is 0 Å². The molecule has 0 radical (unpaired) electrons. The van der Waals surface area contributed by atoms with Crippen molar-refractivity contribution in [2.75, 3.05) is 26.7 Å². The molecule has 0 bridgehead atoms. The zero-order valence-corrected chi connectivity index (χ0v) is 12.2. The van der Waals surface area contributed by atoms with E-state index >= 15 is 0 Å². The molecule has 104 valence electrons. The largest absolute Gasteiger partial charge is 0.340 e. The van der Waals surface area contributed by atoms with Gasteiger partial charge >= 0.3 is 0 Å². The van der Waals surface area contributed by atoms with Crippen molar-refractivity contribution < 1.29 is 4.79 Å². The van der Waals surface area contributed by atoms with Gasteiger partial charge in [-0.25, -0.2) is 0 Å². The van der Waals surface area contributed by atoms with E-state index in [2.05, 4.69) is 50.1 Å². The van der Waals surface area contributed by atoms with Gasteiger partial charge in [-0.1, -0.05) is 29.8 Å². The minimum atomic E-state index is 0.293. The lowest BCUT2D eigenvalue weighted by Gasteiger charge is -2.37. The lowest BCUT2D eigenvalue weighted by Crippen LogP contribution is -2.52. The molecule has 1 saturated heterocycles. The van der Waals surface area contributed by atoms with E-state index in [-0.39, 0.29) is 0 Å². The Labute approximate surface area is 116 Å². The molecule has 0 N–H and O–H groups in total. The molecule has 2 rings (SSSR count). The van der Waals surface area contributed by atoms with Crippen LogP contribution in [0.4, 0.5) is 0 Å². The van der Waals surface area contributed by atoms with Crippen LogP contribution in [0.15, 0.2) is 24.3 Å².